The van der Waals surface area contributed by atoms with Gasteiger partial charge in [0.05, 0.1) is 5.56 Å². The Balaban J connectivity index is 2.59. The highest BCUT2D eigenvalue weighted by Gasteiger charge is 2.15. The smallest absolute Gasteiger partial charge is 0.335 e. The second-order valence-electron chi connectivity index (χ2n) is 3.75. The molecule has 0 aliphatic rings. The van der Waals surface area contributed by atoms with Crippen molar-refractivity contribution in [2.45, 2.75) is 0 Å². The van der Waals surface area contributed by atoms with Crippen LogP contribution in [0.25, 0.3) is 11.1 Å². The predicted octanol–water partition coefficient (Wildman–Crippen LogP) is 4.12. The highest BCUT2D eigenvalue weighted by Crippen LogP contribution is 2.31. The van der Waals surface area contributed by atoms with Gasteiger partial charge in [-0.25, -0.2) is 18.0 Å². The van der Waals surface area contributed by atoms with E-state index in [9.17, 15) is 18.0 Å². The van der Waals surface area contributed by atoms with E-state index in [1.54, 1.807) is 0 Å². The Morgan fingerprint density at radius 3 is 2.16 bits per heavy atom. The summed E-state index contributed by atoms with van der Waals surface area (Å²) < 4.78 is 39.5. The molecule has 0 aromatic heterocycles. The van der Waals surface area contributed by atoms with Crippen LogP contribution in [0, 0.1) is 17.5 Å². The largest absolute Gasteiger partial charge is 0.478 e. The first kappa shape index (κ1) is 13.4. The van der Waals surface area contributed by atoms with Crippen molar-refractivity contribution in [2.75, 3.05) is 0 Å². The van der Waals surface area contributed by atoms with Crippen LogP contribution in [0.5, 0.6) is 0 Å². The second kappa shape index (κ2) is 4.93. The average Bonchev–Trinajstić information content (AvgIpc) is 2.34. The van der Waals surface area contributed by atoms with E-state index in [4.69, 9.17) is 16.7 Å². The lowest BCUT2D eigenvalue weighted by Crippen LogP contribution is -1.97. The molecule has 19 heavy (non-hydrogen) atoms. The fraction of sp³-hybridized carbons (Fsp3) is 0. The lowest BCUT2D eigenvalue weighted by molar-refractivity contribution is 0.0697. The summed E-state index contributed by atoms with van der Waals surface area (Å²) in [5.74, 6) is -4.70. The summed E-state index contributed by atoms with van der Waals surface area (Å²) in [6.07, 6.45) is 0. The van der Waals surface area contributed by atoms with E-state index in [-0.39, 0.29) is 21.7 Å². The molecule has 0 unspecified atom stereocenters. The summed E-state index contributed by atoms with van der Waals surface area (Å²) in [5, 5.41) is 8.70. The van der Waals surface area contributed by atoms with Gasteiger partial charge in [0.15, 0.2) is 11.6 Å². The first-order valence-corrected chi connectivity index (χ1v) is 5.45. The van der Waals surface area contributed by atoms with Crippen molar-refractivity contribution < 1.29 is 23.1 Å². The highest BCUT2D eigenvalue weighted by molar-refractivity contribution is 6.33. The number of benzene rings is 2. The van der Waals surface area contributed by atoms with Crippen molar-refractivity contribution in [1.29, 1.82) is 0 Å². The Morgan fingerprint density at radius 1 is 0.947 bits per heavy atom. The monoisotopic (exact) mass is 286 g/mol. The Hall–Kier alpha value is -2.01. The minimum absolute atomic E-state index is 0.0650. The summed E-state index contributed by atoms with van der Waals surface area (Å²) >= 11 is 5.83. The third-order valence-electron chi connectivity index (χ3n) is 2.52. The van der Waals surface area contributed by atoms with Crippen LogP contribution < -0.4 is 0 Å². The van der Waals surface area contributed by atoms with Crippen LogP contribution in [0.2, 0.25) is 5.02 Å². The molecule has 0 heterocycles. The molecule has 0 saturated heterocycles. The standard InChI is InChI=1S/C13H6ClF3O2/c14-9-3-6(13(18)19)1-2-7(9)8-4-11(16)12(17)5-10(8)15/h1-5H,(H,18,19). The molecule has 6 heteroatoms. The zero-order valence-corrected chi connectivity index (χ0v) is 10.0. The molecule has 0 saturated carbocycles. The van der Waals surface area contributed by atoms with Gasteiger partial charge in [-0.2, -0.15) is 0 Å². The van der Waals surface area contributed by atoms with Gasteiger partial charge in [0.2, 0.25) is 0 Å². The average molecular weight is 287 g/mol. The van der Waals surface area contributed by atoms with Gasteiger partial charge in [0, 0.05) is 22.2 Å². The van der Waals surface area contributed by atoms with Gasteiger partial charge >= 0.3 is 5.97 Å². The van der Waals surface area contributed by atoms with Crippen LogP contribution >= 0.6 is 11.6 Å². The zero-order chi connectivity index (χ0) is 14.2. The predicted molar refractivity (Wildman–Crippen MR) is 63.7 cm³/mol. The van der Waals surface area contributed by atoms with Gasteiger partial charge in [0.1, 0.15) is 5.82 Å². The van der Waals surface area contributed by atoms with Gasteiger partial charge in [-0.3, -0.25) is 0 Å². The van der Waals surface area contributed by atoms with E-state index in [2.05, 4.69) is 0 Å². The van der Waals surface area contributed by atoms with E-state index < -0.39 is 23.4 Å². The molecule has 98 valence electrons. The Kier molecular flexibility index (Phi) is 3.48. The van der Waals surface area contributed by atoms with E-state index in [0.717, 1.165) is 6.07 Å². The van der Waals surface area contributed by atoms with Crippen molar-refractivity contribution in [3.8, 4) is 11.1 Å². The maximum absolute atomic E-state index is 13.6. The first-order valence-electron chi connectivity index (χ1n) is 5.08. The molecule has 0 aliphatic heterocycles. The van der Waals surface area contributed by atoms with Crippen LogP contribution in [-0.2, 0) is 0 Å². The van der Waals surface area contributed by atoms with Gasteiger partial charge in [-0.05, 0) is 18.2 Å². The molecule has 1 N–H and O–H groups in total. The molecule has 2 aromatic carbocycles. The summed E-state index contributed by atoms with van der Waals surface area (Å²) in [4.78, 5) is 10.7. The molecular formula is C13H6ClF3O2. The maximum atomic E-state index is 13.6. The van der Waals surface area contributed by atoms with Crippen LogP contribution in [-0.4, -0.2) is 11.1 Å². The third kappa shape index (κ3) is 2.56. The summed E-state index contributed by atoms with van der Waals surface area (Å²) in [5.41, 5.74) is -0.236. The molecule has 2 aromatic rings. The minimum Gasteiger partial charge on any atom is -0.478 e. The first-order chi connectivity index (χ1) is 8.90. The Bertz CT molecular complexity index is 671. The lowest BCUT2D eigenvalue weighted by Gasteiger charge is -2.07. The molecule has 0 bridgehead atoms. The fourth-order valence-electron chi connectivity index (χ4n) is 1.60. The lowest BCUT2D eigenvalue weighted by atomic mass is 10.0. The number of aromatic carboxylic acids is 1. The van der Waals surface area contributed by atoms with Gasteiger partial charge < -0.3 is 5.11 Å². The Morgan fingerprint density at radius 2 is 1.58 bits per heavy atom. The highest BCUT2D eigenvalue weighted by atomic mass is 35.5. The zero-order valence-electron chi connectivity index (χ0n) is 9.25. The van der Waals surface area contributed by atoms with Crippen molar-refractivity contribution >= 4 is 17.6 Å². The summed E-state index contributed by atoms with van der Waals surface area (Å²) in [6, 6.07) is 4.63. The topological polar surface area (TPSA) is 37.3 Å². The molecule has 0 radical (unpaired) electrons. The number of hydrogen-bond acceptors (Lipinski definition) is 1. The van der Waals surface area contributed by atoms with Gasteiger partial charge in [-0.1, -0.05) is 17.7 Å². The Labute approximate surface area is 111 Å². The molecular weight excluding hydrogens is 281 g/mol. The van der Waals surface area contributed by atoms with E-state index in [1.165, 1.54) is 12.1 Å². The number of carboxylic acids is 1. The molecule has 0 amide bonds. The summed E-state index contributed by atoms with van der Waals surface area (Å²) in [6.45, 7) is 0. The van der Waals surface area contributed by atoms with Crippen LogP contribution in [0.4, 0.5) is 13.2 Å². The molecule has 0 spiro atoms. The number of halogens is 4. The van der Waals surface area contributed by atoms with Crippen molar-refractivity contribution in [2.24, 2.45) is 0 Å². The van der Waals surface area contributed by atoms with Crippen molar-refractivity contribution in [3.63, 3.8) is 0 Å². The number of rotatable bonds is 2. The van der Waals surface area contributed by atoms with Crippen molar-refractivity contribution in [3.05, 3.63) is 58.4 Å². The number of carbonyl (C=O) groups is 1. The molecule has 0 atom stereocenters. The molecule has 0 fully saturated rings. The quantitative estimate of drug-likeness (QED) is 0.843. The number of carboxylic acid groups (broad SMARTS) is 1. The fourth-order valence-corrected chi connectivity index (χ4v) is 1.88. The second-order valence-corrected chi connectivity index (χ2v) is 4.15. The van der Waals surface area contributed by atoms with Crippen LogP contribution in [0.15, 0.2) is 30.3 Å². The van der Waals surface area contributed by atoms with Crippen molar-refractivity contribution in [1.82, 2.24) is 0 Å². The number of hydrogen-bond donors (Lipinski definition) is 1. The molecule has 0 aliphatic carbocycles. The maximum Gasteiger partial charge on any atom is 0.335 e. The molecule has 2 nitrogen and oxygen atoms in total. The van der Waals surface area contributed by atoms with E-state index in [0.29, 0.717) is 12.1 Å². The summed E-state index contributed by atoms with van der Waals surface area (Å²) in [7, 11) is 0. The third-order valence-corrected chi connectivity index (χ3v) is 2.83. The van der Waals surface area contributed by atoms with Crippen LogP contribution in [0.3, 0.4) is 0 Å². The normalized spacial score (nSPS) is 10.5. The van der Waals surface area contributed by atoms with E-state index >= 15 is 0 Å². The van der Waals surface area contributed by atoms with Crippen LogP contribution in [0.1, 0.15) is 10.4 Å². The van der Waals surface area contributed by atoms with E-state index in [1.807, 2.05) is 0 Å². The SMILES string of the molecule is O=C(O)c1ccc(-c2cc(F)c(F)cc2F)c(Cl)c1. The minimum atomic E-state index is -1.31. The van der Waals surface area contributed by atoms with Gasteiger partial charge in [0.25, 0.3) is 0 Å². The van der Waals surface area contributed by atoms with Gasteiger partial charge in [-0.15, -0.1) is 0 Å². The molecule has 2 rings (SSSR count).